The number of nitrogens with zero attached hydrogens (tertiary/aromatic N) is 2. The number of H-pyrrole nitrogens is 1. The van der Waals surface area contributed by atoms with Crippen LogP contribution in [0.5, 0.6) is 0 Å². The maximum Gasteiger partial charge on any atom is 0.337 e. The monoisotopic (exact) mass is 279 g/mol. The minimum absolute atomic E-state index is 0.0392. The number of likely N-dealkylation sites (N-methyl/N-ethyl adjacent to an activating group) is 1. The van der Waals surface area contributed by atoms with Crippen LogP contribution >= 0.6 is 0 Å². The SMILES string of the molecule is Cc1[nH]c(C(=O)CN2CCN(C)CC2)c(C)c1C(=O)O. The van der Waals surface area contributed by atoms with Crippen LogP contribution in [0, 0.1) is 13.8 Å². The van der Waals surface area contributed by atoms with E-state index >= 15 is 0 Å². The van der Waals surface area contributed by atoms with Gasteiger partial charge >= 0.3 is 5.97 Å². The summed E-state index contributed by atoms with van der Waals surface area (Å²) in [5.41, 5.74) is 1.72. The molecule has 0 spiro atoms. The lowest BCUT2D eigenvalue weighted by atomic mass is 10.1. The third-order valence-corrected chi connectivity index (χ3v) is 3.89. The summed E-state index contributed by atoms with van der Waals surface area (Å²) in [6, 6.07) is 0. The van der Waals surface area contributed by atoms with Crippen molar-refractivity contribution < 1.29 is 14.7 Å². The van der Waals surface area contributed by atoms with E-state index in [-0.39, 0.29) is 11.3 Å². The third kappa shape index (κ3) is 2.91. The van der Waals surface area contributed by atoms with Gasteiger partial charge in [-0.1, -0.05) is 0 Å². The first-order valence-electron chi connectivity index (χ1n) is 6.76. The number of piperazine rings is 1. The Kier molecular flexibility index (Phi) is 4.25. The number of ketones is 1. The zero-order valence-corrected chi connectivity index (χ0v) is 12.2. The molecule has 110 valence electrons. The maximum atomic E-state index is 12.3. The molecule has 20 heavy (non-hydrogen) atoms. The molecule has 0 unspecified atom stereocenters. The summed E-state index contributed by atoms with van der Waals surface area (Å²) in [7, 11) is 2.07. The Morgan fingerprint density at radius 3 is 2.30 bits per heavy atom. The average Bonchev–Trinajstić information content (AvgIpc) is 2.67. The van der Waals surface area contributed by atoms with Crippen LogP contribution in [-0.4, -0.2) is 71.4 Å². The number of aryl methyl sites for hydroxylation is 1. The lowest BCUT2D eigenvalue weighted by Gasteiger charge is -2.31. The first-order valence-corrected chi connectivity index (χ1v) is 6.76. The molecule has 1 fully saturated rings. The quantitative estimate of drug-likeness (QED) is 0.796. The van der Waals surface area contributed by atoms with E-state index < -0.39 is 5.97 Å². The molecule has 0 atom stereocenters. The van der Waals surface area contributed by atoms with E-state index in [1.165, 1.54) is 0 Å². The standard InChI is InChI=1S/C14H21N3O3/c1-9-12(14(19)20)10(2)15-13(9)11(18)8-17-6-4-16(3)5-7-17/h15H,4-8H2,1-3H3,(H,19,20). The number of carboxylic acids is 1. The number of carbonyl (C=O) groups excluding carboxylic acids is 1. The molecule has 0 radical (unpaired) electrons. The van der Waals surface area contributed by atoms with E-state index in [2.05, 4.69) is 21.8 Å². The van der Waals surface area contributed by atoms with Crippen LogP contribution in [0.2, 0.25) is 0 Å². The number of rotatable bonds is 4. The van der Waals surface area contributed by atoms with Gasteiger partial charge in [0, 0.05) is 31.9 Å². The molecule has 0 amide bonds. The Hall–Kier alpha value is -1.66. The summed E-state index contributed by atoms with van der Waals surface area (Å²) in [6.45, 7) is 7.35. The van der Waals surface area contributed by atoms with Crippen molar-refractivity contribution in [3.05, 3.63) is 22.5 Å². The van der Waals surface area contributed by atoms with Gasteiger partial charge in [0.05, 0.1) is 17.8 Å². The highest BCUT2D eigenvalue weighted by Crippen LogP contribution is 2.18. The van der Waals surface area contributed by atoms with Crippen molar-refractivity contribution in [1.29, 1.82) is 0 Å². The van der Waals surface area contributed by atoms with Crippen molar-refractivity contribution in [1.82, 2.24) is 14.8 Å². The lowest BCUT2D eigenvalue weighted by Crippen LogP contribution is -2.46. The molecule has 1 aromatic rings. The number of nitrogens with one attached hydrogen (secondary N) is 1. The van der Waals surface area contributed by atoms with E-state index in [1.54, 1.807) is 13.8 Å². The summed E-state index contributed by atoms with van der Waals surface area (Å²) >= 11 is 0. The highest BCUT2D eigenvalue weighted by atomic mass is 16.4. The second kappa shape index (κ2) is 5.76. The van der Waals surface area contributed by atoms with E-state index in [4.69, 9.17) is 5.11 Å². The number of aromatic nitrogens is 1. The van der Waals surface area contributed by atoms with Crippen molar-refractivity contribution in [3.63, 3.8) is 0 Å². The van der Waals surface area contributed by atoms with Crippen LogP contribution in [0.3, 0.4) is 0 Å². The molecule has 2 heterocycles. The number of carbonyl (C=O) groups is 2. The number of aromatic amines is 1. The number of aromatic carboxylic acids is 1. The van der Waals surface area contributed by atoms with Crippen molar-refractivity contribution >= 4 is 11.8 Å². The van der Waals surface area contributed by atoms with Crippen molar-refractivity contribution in [3.8, 4) is 0 Å². The fourth-order valence-corrected chi connectivity index (χ4v) is 2.64. The number of Topliss-reactive ketones (excluding diaryl/α,β-unsaturated/α-hetero) is 1. The molecular weight excluding hydrogens is 258 g/mol. The normalized spacial score (nSPS) is 17.4. The molecule has 0 saturated carbocycles. The Balaban J connectivity index is 2.10. The fraction of sp³-hybridized carbons (Fsp3) is 0.571. The third-order valence-electron chi connectivity index (χ3n) is 3.89. The van der Waals surface area contributed by atoms with Crippen LogP contribution < -0.4 is 0 Å². The van der Waals surface area contributed by atoms with Crippen molar-refractivity contribution in [2.24, 2.45) is 0 Å². The van der Waals surface area contributed by atoms with Gasteiger partial charge in [-0.2, -0.15) is 0 Å². The highest BCUT2D eigenvalue weighted by Gasteiger charge is 2.23. The predicted octanol–water partition coefficient (Wildman–Crippen LogP) is 0.760. The fourth-order valence-electron chi connectivity index (χ4n) is 2.64. The molecule has 1 aromatic heterocycles. The smallest absolute Gasteiger partial charge is 0.337 e. The van der Waals surface area contributed by atoms with E-state index in [0.29, 0.717) is 23.5 Å². The van der Waals surface area contributed by atoms with Crippen molar-refractivity contribution in [2.75, 3.05) is 39.8 Å². The van der Waals surface area contributed by atoms with E-state index in [0.717, 1.165) is 26.2 Å². The first kappa shape index (κ1) is 14.7. The van der Waals surface area contributed by atoms with Crippen LogP contribution in [0.15, 0.2) is 0 Å². The first-order chi connectivity index (χ1) is 9.40. The number of carboxylic acid groups (broad SMARTS) is 1. The molecule has 2 rings (SSSR count). The molecule has 1 aliphatic heterocycles. The van der Waals surface area contributed by atoms with Crippen LogP contribution in [0.4, 0.5) is 0 Å². The van der Waals surface area contributed by atoms with Gasteiger partial charge in [-0.15, -0.1) is 0 Å². The summed E-state index contributed by atoms with van der Waals surface area (Å²) in [4.78, 5) is 30.7. The minimum atomic E-state index is -0.991. The second-order valence-electron chi connectivity index (χ2n) is 5.43. The predicted molar refractivity (Wildman–Crippen MR) is 75.5 cm³/mol. The van der Waals surface area contributed by atoms with Gasteiger partial charge in [0.1, 0.15) is 0 Å². The molecule has 1 saturated heterocycles. The molecule has 2 N–H and O–H groups in total. The number of hydrogen-bond acceptors (Lipinski definition) is 4. The molecule has 1 aliphatic rings. The molecule has 0 bridgehead atoms. The topological polar surface area (TPSA) is 76.6 Å². The summed E-state index contributed by atoms with van der Waals surface area (Å²) in [6.07, 6.45) is 0. The van der Waals surface area contributed by atoms with Crippen LogP contribution in [-0.2, 0) is 0 Å². The molecule has 0 aliphatic carbocycles. The highest BCUT2D eigenvalue weighted by molar-refractivity contribution is 6.01. The van der Waals surface area contributed by atoms with Crippen LogP contribution in [0.25, 0.3) is 0 Å². The summed E-state index contributed by atoms with van der Waals surface area (Å²) < 4.78 is 0. The van der Waals surface area contributed by atoms with Crippen LogP contribution in [0.1, 0.15) is 32.1 Å². The summed E-state index contributed by atoms with van der Waals surface area (Å²) in [5.74, 6) is -1.03. The maximum absolute atomic E-state index is 12.3. The molecule has 6 heteroatoms. The van der Waals surface area contributed by atoms with Crippen molar-refractivity contribution in [2.45, 2.75) is 13.8 Å². The van der Waals surface area contributed by atoms with Gasteiger partial charge < -0.3 is 15.0 Å². The van der Waals surface area contributed by atoms with Gasteiger partial charge in [-0.05, 0) is 26.5 Å². The number of hydrogen-bond donors (Lipinski definition) is 2. The minimum Gasteiger partial charge on any atom is -0.478 e. The largest absolute Gasteiger partial charge is 0.478 e. The van der Waals surface area contributed by atoms with Gasteiger partial charge in [-0.3, -0.25) is 9.69 Å². The Morgan fingerprint density at radius 1 is 1.20 bits per heavy atom. The Labute approximate surface area is 118 Å². The van der Waals surface area contributed by atoms with Gasteiger partial charge in [-0.25, -0.2) is 4.79 Å². The second-order valence-corrected chi connectivity index (χ2v) is 5.43. The average molecular weight is 279 g/mol. The Bertz CT molecular complexity index is 528. The van der Waals surface area contributed by atoms with Gasteiger partial charge in [0.2, 0.25) is 0 Å². The molecule has 0 aromatic carbocycles. The van der Waals surface area contributed by atoms with E-state index in [9.17, 15) is 9.59 Å². The van der Waals surface area contributed by atoms with Gasteiger partial charge in [0.15, 0.2) is 5.78 Å². The van der Waals surface area contributed by atoms with Gasteiger partial charge in [0.25, 0.3) is 0 Å². The molecular formula is C14H21N3O3. The zero-order chi connectivity index (χ0) is 14.9. The summed E-state index contributed by atoms with van der Waals surface area (Å²) in [5, 5.41) is 9.14. The zero-order valence-electron chi connectivity index (χ0n) is 12.2. The van der Waals surface area contributed by atoms with E-state index in [1.807, 2.05) is 0 Å². The lowest BCUT2D eigenvalue weighted by molar-refractivity contribution is 0.0695. The Morgan fingerprint density at radius 2 is 1.80 bits per heavy atom. The molecule has 6 nitrogen and oxygen atoms in total.